The summed E-state index contributed by atoms with van der Waals surface area (Å²) >= 11 is 0. The zero-order valence-corrected chi connectivity index (χ0v) is 18.5. The summed E-state index contributed by atoms with van der Waals surface area (Å²) in [5, 5.41) is 0. The molecule has 0 aliphatic carbocycles. The summed E-state index contributed by atoms with van der Waals surface area (Å²) < 4.78 is 11.3. The molecule has 0 saturated carbocycles. The lowest BCUT2D eigenvalue weighted by Crippen LogP contribution is -2.44. The minimum atomic E-state index is -0.765. The first-order valence-electron chi connectivity index (χ1n) is 10.7. The van der Waals surface area contributed by atoms with Gasteiger partial charge in [0.25, 0.3) is 0 Å². The van der Waals surface area contributed by atoms with Gasteiger partial charge < -0.3 is 14.9 Å². The van der Waals surface area contributed by atoms with E-state index in [1.54, 1.807) is 6.20 Å². The van der Waals surface area contributed by atoms with Gasteiger partial charge in [0.2, 0.25) is 5.91 Å². The van der Waals surface area contributed by atoms with E-state index < -0.39 is 5.41 Å². The molecular weight excluding hydrogens is 364 g/mol. The maximum atomic E-state index is 12.0. The van der Waals surface area contributed by atoms with Crippen LogP contribution in [0.3, 0.4) is 0 Å². The van der Waals surface area contributed by atoms with Crippen molar-refractivity contribution in [2.24, 2.45) is 11.1 Å². The zero-order valence-electron chi connectivity index (χ0n) is 18.5. The van der Waals surface area contributed by atoms with E-state index >= 15 is 0 Å². The summed E-state index contributed by atoms with van der Waals surface area (Å²) in [6.07, 6.45) is 20.5. The lowest BCUT2D eigenvalue weighted by molar-refractivity contribution is -0.133. The van der Waals surface area contributed by atoms with E-state index in [4.69, 9.17) is 14.9 Å². The number of primary amides is 1. The number of nitrogens with two attached hydrogens (primary N) is 1. The third-order valence-corrected chi connectivity index (χ3v) is 5.01. The fraction of sp³-hybridized carbons (Fsp3) is 0.583. The van der Waals surface area contributed by atoms with E-state index in [1.807, 2.05) is 51.2 Å². The molecule has 1 unspecified atom stereocenters. The highest BCUT2D eigenvalue weighted by Gasteiger charge is 2.36. The Bertz CT molecular complexity index is 658. The van der Waals surface area contributed by atoms with Crippen LogP contribution in [-0.2, 0) is 16.0 Å². The van der Waals surface area contributed by atoms with E-state index in [0.717, 1.165) is 24.2 Å². The fourth-order valence-corrected chi connectivity index (χ4v) is 3.09. The molecule has 5 heteroatoms. The van der Waals surface area contributed by atoms with Crippen molar-refractivity contribution in [2.75, 3.05) is 6.61 Å². The number of aromatic nitrogens is 1. The molecule has 2 N–H and O–H groups in total. The number of carbonyl (C=O) groups excluding carboxylic acids is 1. The van der Waals surface area contributed by atoms with Crippen LogP contribution in [0.1, 0.15) is 72.0 Å². The maximum absolute atomic E-state index is 12.0. The Labute approximate surface area is 176 Å². The van der Waals surface area contributed by atoms with Gasteiger partial charge in [0.05, 0.1) is 17.7 Å². The average molecular weight is 403 g/mol. The Morgan fingerprint density at radius 1 is 1.21 bits per heavy atom. The normalized spacial score (nSPS) is 14.1. The average Bonchev–Trinajstić information content (AvgIpc) is 3.19. The van der Waals surface area contributed by atoms with Gasteiger partial charge in [-0.25, -0.2) is 4.98 Å². The molecule has 0 radical (unpaired) electrons. The third kappa shape index (κ3) is 9.75. The van der Waals surface area contributed by atoms with E-state index in [2.05, 4.69) is 11.9 Å². The van der Waals surface area contributed by atoms with Gasteiger partial charge in [0.1, 0.15) is 5.76 Å². The molecule has 1 atom stereocenters. The molecule has 1 rings (SSSR count). The number of nitrogens with zero attached hydrogens (tertiary/aromatic N) is 1. The van der Waals surface area contributed by atoms with Gasteiger partial charge >= 0.3 is 0 Å². The number of hydrogen-bond donors (Lipinski definition) is 1. The zero-order chi connectivity index (χ0) is 21.5. The minimum Gasteiger partial charge on any atom is -0.448 e. The highest BCUT2D eigenvalue weighted by Crippen LogP contribution is 2.29. The van der Waals surface area contributed by atoms with Gasteiger partial charge in [-0.05, 0) is 32.8 Å². The van der Waals surface area contributed by atoms with Crippen molar-refractivity contribution in [3.05, 3.63) is 54.3 Å². The van der Waals surface area contributed by atoms with Gasteiger partial charge in [0.15, 0.2) is 6.39 Å². The Balaban J connectivity index is 2.58. The molecule has 0 saturated heterocycles. The number of allylic oxidation sites excluding steroid dienone is 5. The smallest absolute Gasteiger partial charge is 0.226 e. The molecule has 0 aliphatic rings. The molecule has 1 aromatic rings. The van der Waals surface area contributed by atoms with Crippen molar-refractivity contribution in [3.63, 3.8) is 0 Å². The van der Waals surface area contributed by atoms with E-state index in [-0.39, 0.29) is 12.0 Å². The predicted molar refractivity (Wildman–Crippen MR) is 118 cm³/mol. The van der Waals surface area contributed by atoms with Crippen LogP contribution in [0.15, 0.2) is 53.0 Å². The number of rotatable bonds is 15. The summed E-state index contributed by atoms with van der Waals surface area (Å²) in [6, 6.07) is 0. The molecule has 162 valence electrons. The van der Waals surface area contributed by atoms with Gasteiger partial charge in [-0.1, -0.05) is 69.4 Å². The molecule has 0 fully saturated rings. The van der Waals surface area contributed by atoms with Crippen LogP contribution in [-0.4, -0.2) is 23.6 Å². The summed E-state index contributed by atoms with van der Waals surface area (Å²) in [4.78, 5) is 15.9. The molecule has 29 heavy (non-hydrogen) atoms. The molecule has 0 aromatic carbocycles. The second-order valence-electron chi connectivity index (χ2n) is 8.00. The lowest BCUT2D eigenvalue weighted by Gasteiger charge is -2.32. The number of unbranched alkanes of at least 4 members (excludes halogenated alkanes) is 5. The molecule has 1 amide bonds. The molecule has 0 spiro atoms. The first-order valence-corrected chi connectivity index (χ1v) is 10.7. The SMILES string of the molecule is CCCCCCCCOC(\C(C)=C/C=C\C=C\Cc1cnco1)C(C)(C)C(N)=O. The van der Waals surface area contributed by atoms with Crippen molar-refractivity contribution in [1.82, 2.24) is 4.98 Å². The summed E-state index contributed by atoms with van der Waals surface area (Å²) in [5.74, 6) is 0.474. The van der Waals surface area contributed by atoms with Crippen LogP contribution in [0.25, 0.3) is 0 Å². The quantitative estimate of drug-likeness (QED) is 0.309. The van der Waals surface area contributed by atoms with Gasteiger partial charge in [-0.15, -0.1) is 0 Å². The second kappa shape index (κ2) is 13.9. The predicted octanol–water partition coefficient (Wildman–Crippen LogP) is 5.53. The summed E-state index contributed by atoms with van der Waals surface area (Å²) in [5.41, 5.74) is 5.87. The Hall–Kier alpha value is -2.14. The second-order valence-corrected chi connectivity index (χ2v) is 8.00. The Morgan fingerprint density at radius 3 is 2.59 bits per heavy atom. The standard InChI is InChI=1S/C24H38N2O3/c1-5-6-7-8-11-14-17-28-22(24(3,4)23(25)27)20(2)15-12-9-10-13-16-21-18-26-19-29-21/h9-10,12-13,15,18-19,22H,5-8,11,14,16-17H2,1-4H3,(H2,25,27)/b12-9-,13-10+,20-15-. The molecule has 0 aliphatic heterocycles. The fourth-order valence-electron chi connectivity index (χ4n) is 3.09. The van der Waals surface area contributed by atoms with Crippen molar-refractivity contribution in [1.29, 1.82) is 0 Å². The Morgan fingerprint density at radius 2 is 1.93 bits per heavy atom. The van der Waals surface area contributed by atoms with Crippen molar-refractivity contribution in [2.45, 2.75) is 78.7 Å². The molecule has 0 bridgehead atoms. The van der Waals surface area contributed by atoms with Crippen molar-refractivity contribution >= 4 is 5.91 Å². The van der Waals surface area contributed by atoms with Gasteiger partial charge in [-0.2, -0.15) is 0 Å². The summed E-state index contributed by atoms with van der Waals surface area (Å²) in [6.45, 7) is 8.54. The van der Waals surface area contributed by atoms with E-state index in [1.165, 1.54) is 32.1 Å². The lowest BCUT2D eigenvalue weighted by atomic mass is 9.81. The number of ether oxygens (including phenoxy) is 1. The summed E-state index contributed by atoms with van der Waals surface area (Å²) in [7, 11) is 0. The van der Waals surface area contributed by atoms with Crippen molar-refractivity contribution in [3.8, 4) is 0 Å². The van der Waals surface area contributed by atoms with Crippen LogP contribution in [0.5, 0.6) is 0 Å². The van der Waals surface area contributed by atoms with Crippen LogP contribution in [0, 0.1) is 5.41 Å². The minimum absolute atomic E-state index is 0.335. The van der Waals surface area contributed by atoms with E-state index in [9.17, 15) is 4.79 Å². The first-order chi connectivity index (χ1) is 13.9. The van der Waals surface area contributed by atoms with Gasteiger partial charge in [0, 0.05) is 13.0 Å². The van der Waals surface area contributed by atoms with E-state index in [0.29, 0.717) is 13.0 Å². The topological polar surface area (TPSA) is 78.3 Å². The third-order valence-electron chi connectivity index (χ3n) is 5.01. The highest BCUT2D eigenvalue weighted by atomic mass is 16.5. The molecular formula is C24H38N2O3. The Kier molecular flexibility index (Phi) is 12.0. The van der Waals surface area contributed by atoms with Crippen LogP contribution < -0.4 is 5.73 Å². The first kappa shape index (κ1) is 24.9. The van der Waals surface area contributed by atoms with Crippen molar-refractivity contribution < 1.29 is 13.9 Å². The van der Waals surface area contributed by atoms with Crippen LogP contribution in [0.2, 0.25) is 0 Å². The largest absolute Gasteiger partial charge is 0.448 e. The molecule has 1 aromatic heterocycles. The molecule has 1 heterocycles. The van der Waals surface area contributed by atoms with Gasteiger partial charge in [-0.3, -0.25) is 4.79 Å². The number of hydrogen-bond acceptors (Lipinski definition) is 4. The maximum Gasteiger partial charge on any atom is 0.226 e. The van der Waals surface area contributed by atoms with Crippen LogP contribution in [0.4, 0.5) is 0 Å². The van der Waals surface area contributed by atoms with Crippen LogP contribution >= 0.6 is 0 Å². The number of carbonyl (C=O) groups is 1. The highest BCUT2D eigenvalue weighted by molar-refractivity contribution is 5.81. The molecule has 5 nitrogen and oxygen atoms in total. The number of amides is 1. The number of oxazole rings is 1. The monoisotopic (exact) mass is 402 g/mol.